The van der Waals surface area contributed by atoms with Crippen LogP contribution in [0.1, 0.15) is 33.4 Å². The average molecular weight is 567 g/mol. The van der Waals surface area contributed by atoms with Crippen LogP contribution in [0.15, 0.2) is 83.9 Å². The predicted molar refractivity (Wildman–Crippen MR) is 156 cm³/mol. The maximum Gasteiger partial charge on any atom is 0.138 e. The summed E-state index contributed by atoms with van der Waals surface area (Å²) in [6.45, 7) is 0. The molecule has 0 heterocycles. The minimum Gasteiger partial charge on any atom is -0.206 e. The van der Waals surface area contributed by atoms with Gasteiger partial charge in [-0.05, 0) is 69.8 Å². The first-order valence-electron chi connectivity index (χ1n) is 12.9. The molecule has 0 amide bonds. The third kappa shape index (κ3) is 3.94. The number of rotatable bonds is 2. The Morgan fingerprint density at radius 2 is 0.795 bits per heavy atom. The number of hydrogen-bond donors (Lipinski definition) is 0. The van der Waals surface area contributed by atoms with Gasteiger partial charge in [0, 0.05) is 33.4 Å². The van der Waals surface area contributed by atoms with E-state index in [2.05, 4.69) is 0 Å². The molecule has 44 heavy (non-hydrogen) atoms. The summed E-state index contributed by atoms with van der Waals surface area (Å²) in [6, 6.07) is 29.6. The van der Waals surface area contributed by atoms with Crippen molar-refractivity contribution in [2.75, 3.05) is 0 Å². The molecule has 0 unspecified atom stereocenters. The van der Waals surface area contributed by atoms with Gasteiger partial charge in [0.2, 0.25) is 0 Å². The minimum absolute atomic E-state index is 0.147. The number of allylic oxidation sites excluding steroid dienone is 6. The number of halogens is 2. The van der Waals surface area contributed by atoms with E-state index < -0.39 is 11.6 Å². The van der Waals surface area contributed by atoms with E-state index in [1.165, 1.54) is 24.3 Å². The molecule has 0 aliphatic heterocycles. The Kier molecular flexibility index (Phi) is 6.39. The molecule has 0 spiro atoms. The monoisotopic (exact) mass is 566 g/mol. The Labute approximate surface area is 250 Å². The summed E-state index contributed by atoms with van der Waals surface area (Å²) < 4.78 is 30.1. The standard InChI is InChI=1S/C36H12F2N6/c37-31-9-19(13-39)1-5-25(31)21-3-7-27-29(11-21)35-34(24(17-43)18-44)28-8-4-22(26-6-2-20(14-40)10-32(26)38)12-30(28)36(35)33(27)23(15-41)16-42/h1-12H. The van der Waals surface area contributed by atoms with E-state index in [1.54, 1.807) is 36.4 Å². The molecule has 0 radical (unpaired) electrons. The molecule has 0 N–H and O–H groups in total. The van der Waals surface area contributed by atoms with Gasteiger partial charge in [-0.1, -0.05) is 36.4 Å². The van der Waals surface area contributed by atoms with E-state index in [0.29, 0.717) is 44.5 Å². The molecule has 200 valence electrons. The molecule has 8 heteroatoms. The Hall–Kier alpha value is -7.10. The van der Waals surface area contributed by atoms with Crippen LogP contribution >= 0.6 is 0 Å². The molecule has 0 atom stereocenters. The van der Waals surface area contributed by atoms with Crippen LogP contribution in [0.2, 0.25) is 0 Å². The van der Waals surface area contributed by atoms with Crippen LogP contribution in [-0.2, 0) is 0 Å². The summed E-state index contributed by atoms with van der Waals surface area (Å²) in [5.74, 6) is -1.26. The molecule has 6 nitrogen and oxygen atoms in total. The van der Waals surface area contributed by atoms with E-state index in [0.717, 1.165) is 12.1 Å². The topological polar surface area (TPSA) is 143 Å². The zero-order chi connectivity index (χ0) is 31.1. The van der Waals surface area contributed by atoms with Gasteiger partial charge in [-0.2, -0.15) is 31.6 Å². The molecule has 0 bridgehead atoms. The van der Waals surface area contributed by atoms with Crippen molar-refractivity contribution in [3.05, 3.63) is 129 Å². The lowest BCUT2D eigenvalue weighted by Crippen LogP contribution is -1.97. The summed E-state index contributed by atoms with van der Waals surface area (Å²) in [5, 5.41) is 58.2. The molecular formula is C36H12F2N6. The molecule has 0 fully saturated rings. The van der Waals surface area contributed by atoms with Crippen molar-refractivity contribution in [3.8, 4) is 58.7 Å². The molecule has 4 aromatic rings. The van der Waals surface area contributed by atoms with E-state index in [4.69, 9.17) is 10.5 Å². The van der Waals surface area contributed by atoms with Crippen molar-refractivity contribution in [3.63, 3.8) is 0 Å². The molecule has 0 saturated heterocycles. The van der Waals surface area contributed by atoms with Gasteiger partial charge in [0.15, 0.2) is 0 Å². The molecule has 6 rings (SSSR count). The maximum absolute atomic E-state index is 15.1. The first kappa shape index (κ1) is 27.1. The van der Waals surface area contributed by atoms with Gasteiger partial charge >= 0.3 is 0 Å². The fourth-order valence-electron chi connectivity index (χ4n) is 5.76. The van der Waals surface area contributed by atoms with E-state index in [-0.39, 0.29) is 44.5 Å². The number of fused-ring (bicyclic) bond motifs is 4. The lowest BCUT2D eigenvalue weighted by Gasteiger charge is -2.15. The summed E-state index contributed by atoms with van der Waals surface area (Å²) >= 11 is 0. The van der Waals surface area contributed by atoms with Crippen LogP contribution in [0.3, 0.4) is 0 Å². The maximum atomic E-state index is 15.1. The van der Waals surface area contributed by atoms with Gasteiger partial charge in [0.25, 0.3) is 0 Å². The lowest BCUT2D eigenvalue weighted by molar-refractivity contribution is 0.630. The summed E-state index contributed by atoms with van der Waals surface area (Å²) in [4.78, 5) is 0. The number of nitriles is 6. The van der Waals surface area contributed by atoms with Crippen molar-refractivity contribution in [1.29, 1.82) is 31.6 Å². The fraction of sp³-hybridized carbons (Fsp3) is 0. The van der Waals surface area contributed by atoms with Crippen LogP contribution < -0.4 is 0 Å². The molecule has 0 aromatic heterocycles. The number of nitrogens with zero attached hydrogens (tertiary/aromatic N) is 6. The third-order valence-electron chi connectivity index (χ3n) is 7.63. The first-order chi connectivity index (χ1) is 21.4. The van der Waals surface area contributed by atoms with E-state index in [9.17, 15) is 21.0 Å². The van der Waals surface area contributed by atoms with Crippen molar-refractivity contribution < 1.29 is 8.78 Å². The summed E-state index contributed by atoms with van der Waals surface area (Å²) in [5.41, 5.74) is 4.39. The third-order valence-corrected chi connectivity index (χ3v) is 7.63. The second kappa shape index (κ2) is 10.4. The SMILES string of the molecule is N#CC(C#N)=C1C2=C(C(=C(C#N)C#N)c3ccc(-c4ccc(C#N)cc4F)cc32)c2cc(-c3ccc(C#N)cc3F)ccc21. The zero-order valence-electron chi connectivity index (χ0n) is 22.4. The Morgan fingerprint density at radius 1 is 0.432 bits per heavy atom. The second-order valence-corrected chi connectivity index (χ2v) is 9.83. The second-order valence-electron chi connectivity index (χ2n) is 9.83. The van der Waals surface area contributed by atoms with Gasteiger partial charge in [0.1, 0.15) is 47.1 Å². The van der Waals surface area contributed by atoms with Crippen LogP contribution in [0.25, 0.3) is 44.5 Å². The average Bonchev–Trinajstić information content (AvgIpc) is 3.54. The van der Waals surface area contributed by atoms with E-state index >= 15 is 8.78 Å². The Bertz CT molecular complexity index is 2170. The predicted octanol–water partition coefficient (Wildman–Crippen LogP) is 7.58. The molecular weight excluding hydrogens is 554 g/mol. The highest BCUT2D eigenvalue weighted by atomic mass is 19.1. The highest BCUT2D eigenvalue weighted by Gasteiger charge is 2.40. The van der Waals surface area contributed by atoms with Crippen LogP contribution in [-0.4, -0.2) is 0 Å². The normalized spacial score (nSPS) is 12.0. The number of hydrogen-bond acceptors (Lipinski definition) is 6. The highest BCUT2D eigenvalue weighted by molar-refractivity contribution is 6.38. The van der Waals surface area contributed by atoms with E-state index in [1.807, 2.05) is 36.4 Å². The van der Waals surface area contributed by atoms with Crippen LogP contribution in [0.4, 0.5) is 8.78 Å². The van der Waals surface area contributed by atoms with Gasteiger partial charge < -0.3 is 0 Å². The van der Waals surface area contributed by atoms with Crippen LogP contribution in [0.5, 0.6) is 0 Å². The molecule has 2 aliphatic carbocycles. The van der Waals surface area contributed by atoms with Gasteiger partial charge in [-0.3, -0.25) is 0 Å². The number of benzene rings is 4. The Morgan fingerprint density at radius 3 is 1.11 bits per heavy atom. The van der Waals surface area contributed by atoms with Gasteiger partial charge in [-0.25, -0.2) is 8.78 Å². The van der Waals surface area contributed by atoms with Crippen molar-refractivity contribution in [2.45, 2.75) is 0 Å². The summed E-state index contributed by atoms with van der Waals surface area (Å²) in [7, 11) is 0. The van der Waals surface area contributed by atoms with Crippen LogP contribution in [0, 0.1) is 79.6 Å². The molecule has 4 aromatic carbocycles. The Balaban J connectivity index is 1.69. The largest absolute Gasteiger partial charge is 0.206 e. The van der Waals surface area contributed by atoms with Crippen molar-refractivity contribution >= 4 is 22.3 Å². The quantitative estimate of drug-likeness (QED) is 0.229. The minimum atomic E-state index is -0.629. The van der Waals surface area contributed by atoms with Crippen molar-refractivity contribution in [2.24, 2.45) is 0 Å². The fourth-order valence-corrected chi connectivity index (χ4v) is 5.76. The molecule has 0 saturated carbocycles. The van der Waals surface area contributed by atoms with Gasteiger partial charge in [0.05, 0.1) is 23.3 Å². The smallest absolute Gasteiger partial charge is 0.138 e. The zero-order valence-corrected chi connectivity index (χ0v) is 22.4. The lowest BCUT2D eigenvalue weighted by atomic mass is 9.87. The first-order valence-corrected chi connectivity index (χ1v) is 12.9. The van der Waals surface area contributed by atoms with Gasteiger partial charge in [-0.15, -0.1) is 0 Å². The summed E-state index contributed by atoms with van der Waals surface area (Å²) in [6.07, 6.45) is 0. The highest BCUT2D eigenvalue weighted by Crippen LogP contribution is 2.59. The van der Waals surface area contributed by atoms with Crippen molar-refractivity contribution in [1.82, 2.24) is 0 Å². The molecule has 2 aliphatic rings.